The number of aromatic nitrogens is 3. The first kappa shape index (κ1) is 14.1. The van der Waals surface area contributed by atoms with E-state index in [4.69, 9.17) is 4.74 Å². The molecule has 22 heavy (non-hydrogen) atoms. The Labute approximate surface area is 126 Å². The predicted octanol–water partition coefficient (Wildman–Crippen LogP) is 1.72. The van der Waals surface area contributed by atoms with Crippen LogP contribution in [0.5, 0.6) is 0 Å². The van der Waals surface area contributed by atoms with Gasteiger partial charge in [-0.05, 0) is 12.5 Å². The minimum atomic E-state index is -0.651. The fraction of sp³-hybridized carbons (Fsp3) is 0.188. The number of fused-ring (bicyclic) bond motifs is 1. The summed E-state index contributed by atoms with van der Waals surface area (Å²) in [5.74, 6) is -0.651. The van der Waals surface area contributed by atoms with Crippen molar-refractivity contribution < 1.29 is 9.53 Å². The summed E-state index contributed by atoms with van der Waals surface area (Å²) in [6, 6.07) is 11.5. The summed E-state index contributed by atoms with van der Waals surface area (Å²) in [4.78, 5) is 28.5. The van der Waals surface area contributed by atoms with E-state index in [-0.39, 0.29) is 12.2 Å². The minimum Gasteiger partial charge on any atom is -0.462 e. The third kappa shape index (κ3) is 2.50. The number of esters is 1. The van der Waals surface area contributed by atoms with Crippen LogP contribution < -0.4 is 5.56 Å². The van der Waals surface area contributed by atoms with Gasteiger partial charge in [0.2, 0.25) is 0 Å². The molecule has 0 aliphatic carbocycles. The number of nitrogens with zero attached hydrogens (tertiary/aromatic N) is 3. The van der Waals surface area contributed by atoms with Gasteiger partial charge >= 0.3 is 5.97 Å². The standard InChI is InChI=1S/C16H15N3O3/c1-2-22-16(21)13-10-17-14-8-9-18(19(14)15(13)20)11-12-6-4-3-5-7-12/h3-10H,2,11H2,1H3. The highest BCUT2D eigenvalue weighted by Gasteiger charge is 2.16. The van der Waals surface area contributed by atoms with Crippen molar-refractivity contribution in [2.45, 2.75) is 13.5 Å². The van der Waals surface area contributed by atoms with Gasteiger partial charge in [-0.15, -0.1) is 0 Å². The van der Waals surface area contributed by atoms with Crippen molar-refractivity contribution >= 4 is 11.6 Å². The normalized spacial score (nSPS) is 10.8. The Bertz CT molecular complexity index is 865. The molecule has 3 rings (SSSR count). The molecule has 6 nitrogen and oxygen atoms in total. The van der Waals surface area contributed by atoms with E-state index in [0.717, 1.165) is 5.56 Å². The zero-order valence-electron chi connectivity index (χ0n) is 12.1. The van der Waals surface area contributed by atoms with Gasteiger partial charge in [0.1, 0.15) is 5.56 Å². The fourth-order valence-corrected chi connectivity index (χ4v) is 2.28. The summed E-state index contributed by atoms with van der Waals surface area (Å²) in [6.07, 6.45) is 3.04. The third-order valence-corrected chi connectivity index (χ3v) is 3.30. The van der Waals surface area contributed by atoms with Crippen molar-refractivity contribution in [1.82, 2.24) is 14.2 Å². The van der Waals surface area contributed by atoms with E-state index < -0.39 is 11.5 Å². The van der Waals surface area contributed by atoms with Crippen LogP contribution in [0, 0.1) is 0 Å². The van der Waals surface area contributed by atoms with Gasteiger partial charge in [0.05, 0.1) is 13.2 Å². The first-order valence-electron chi connectivity index (χ1n) is 6.99. The highest BCUT2D eigenvalue weighted by atomic mass is 16.5. The van der Waals surface area contributed by atoms with Crippen molar-refractivity contribution in [2.75, 3.05) is 6.61 Å². The van der Waals surface area contributed by atoms with Crippen LogP contribution >= 0.6 is 0 Å². The molecule has 0 spiro atoms. The van der Waals surface area contributed by atoms with Crippen molar-refractivity contribution in [3.8, 4) is 0 Å². The smallest absolute Gasteiger partial charge is 0.345 e. The minimum absolute atomic E-state index is 0.0626. The Morgan fingerprint density at radius 1 is 1.23 bits per heavy atom. The Hall–Kier alpha value is -2.89. The Kier molecular flexibility index (Phi) is 3.74. The maximum Gasteiger partial charge on any atom is 0.345 e. The van der Waals surface area contributed by atoms with Crippen molar-refractivity contribution in [1.29, 1.82) is 0 Å². The van der Waals surface area contributed by atoms with Crippen molar-refractivity contribution in [2.24, 2.45) is 0 Å². The van der Waals surface area contributed by atoms with E-state index in [0.29, 0.717) is 12.2 Å². The first-order chi connectivity index (χ1) is 10.7. The summed E-state index contributed by atoms with van der Waals surface area (Å²) in [5, 5.41) is 0. The topological polar surface area (TPSA) is 65.6 Å². The van der Waals surface area contributed by atoms with Crippen molar-refractivity contribution in [3.63, 3.8) is 0 Å². The monoisotopic (exact) mass is 297 g/mol. The highest BCUT2D eigenvalue weighted by molar-refractivity contribution is 5.88. The van der Waals surface area contributed by atoms with Gasteiger partial charge in [-0.25, -0.2) is 9.78 Å². The molecule has 2 aromatic heterocycles. The second-order valence-corrected chi connectivity index (χ2v) is 4.77. The van der Waals surface area contributed by atoms with Crippen LogP contribution in [0.4, 0.5) is 0 Å². The van der Waals surface area contributed by atoms with E-state index in [9.17, 15) is 9.59 Å². The summed E-state index contributed by atoms with van der Waals surface area (Å²) in [6.45, 7) is 2.42. The van der Waals surface area contributed by atoms with Crippen LogP contribution in [0.15, 0.2) is 53.6 Å². The Morgan fingerprint density at radius 2 is 2.00 bits per heavy atom. The molecule has 3 aromatic rings. The highest BCUT2D eigenvalue weighted by Crippen LogP contribution is 2.06. The van der Waals surface area contributed by atoms with E-state index in [1.807, 2.05) is 30.3 Å². The van der Waals surface area contributed by atoms with Crippen LogP contribution in [0.25, 0.3) is 5.65 Å². The molecule has 0 N–H and O–H groups in total. The second-order valence-electron chi connectivity index (χ2n) is 4.77. The summed E-state index contributed by atoms with van der Waals surface area (Å²) < 4.78 is 8.00. The first-order valence-corrected chi connectivity index (χ1v) is 6.99. The molecule has 112 valence electrons. The molecule has 0 aliphatic heterocycles. The predicted molar refractivity (Wildman–Crippen MR) is 81.0 cm³/mol. The molecule has 2 heterocycles. The summed E-state index contributed by atoms with van der Waals surface area (Å²) in [7, 11) is 0. The molecule has 1 aromatic carbocycles. The van der Waals surface area contributed by atoms with Gasteiger partial charge in [-0.2, -0.15) is 4.52 Å². The van der Waals surface area contributed by atoms with Gasteiger partial charge in [0.25, 0.3) is 5.56 Å². The molecule has 0 aliphatic rings. The SMILES string of the molecule is CCOC(=O)c1cnc2ccn(Cc3ccccc3)n2c1=O. The van der Waals surface area contributed by atoms with Crippen molar-refractivity contribution in [3.05, 3.63) is 70.3 Å². The van der Waals surface area contributed by atoms with Crippen LogP contribution in [0.3, 0.4) is 0 Å². The number of benzene rings is 1. The molecule has 0 saturated carbocycles. The number of hydrogen-bond donors (Lipinski definition) is 0. The lowest BCUT2D eigenvalue weighted by molar-refractivity contribution is 0.0523. The van der Waals surface area contributed by atoms with Gasteiger partial charge < -0.3 is 4.74 Å². The van der Waals surface area contributed by atoms with Gasteiger partial charge in [-0.3, -0.25) is 9.48 Å². The molecule has 0 fully saturated rings. The zero-order valence-corrected chi connectivity index (χ0v) is 12.1. The Balaban J connectivity index is 2.07. The molecule has 0 radical (unpaired) electrons. The number of ether oxygens (including phenoxy) is 1. The summed E-state index contributed by atoms with van der Waals surface area (Å²) >= 11 is 0. The Morgan fingerprint density at radius 3 is 2.73 bits per heavy atom. The number of hydrogen-bond acceptors (Lipinski definition) is 4. The number of rotatable bonds is 4. The largest absolute Gasteiger partial charge is 0.462 e. The number of carbonyl (C=O) groups is 1. The molecule has 6 heteroatoms. The van der Waals surface area contributed by atoms with E-state index in [1.165, 1.54) is 10.7 Å². The van der Waals surface area contributed by atoms with E-state index in [1.54, 1.807) is 23.9 Å². The van der Waals surface area contributed by atoms with Gasteiger partial charge in [0.15, 0.2) is 5.65 Å². The lowest BCUT2D eigenvalue weighted by Crippen LogP contribution is -2.28. The summed E-state index contributed by atoms with van der Waals surface area (Å²) in [5.41, 5.74) is 1.05. The van der Waals surface area contributed by atoms with Crippen LogP contribution in [0.2, 0.25) is 0 Å². The quantitative estimate of drug-likeness (QED) is 0.688. The van der Waals surface area contributed by atoms with E-state index >= 15 is 0 Å². The van der Waals surface area contributed by atoms with Gasteiger partial charge in [-0.1, -0.05) is 30.3 Å². The van der Waals surface area contributed by atoms with Crippen LogP contribution in [-0.2, 0) is 11.3 Å². The molecule has 0 unspecified atom stereocenters. The average Bonchev–Trinajstić information content (AvgIpc) is 2.93. The van der Waals surface area contributed by atoms with Crippen LogP contribution in [0.1, 0.15) is 22.8 Å². The molecule has 0 atom stereocenters. The number of carbonyl (C=O) groups excluding carboxylic acids is 1. The second kappa shape index (κ2) is 5.85. The zero-order chi connectivity index (χ0) is 15.5. The average molecular weight is 297 g/mol. The molecular weight excluding hydrogens is 282 g/mol. The van der Waals surface area contributed by atoms with E-state index in [2.05, 4.69) is 4.98 Å². The molecule has 0 bridgehead atoms. The third-order valence-electron chi connectivity index (χ3n) is 3.30. The van der Waals surface area contributed by atoms with Crippen LogP contribution in [-0.4, -0.2) is 26.8 Å². The maximum absolute atomic E-state index is 12.5. The van der Waals surface area contributed by atoms with Gasteiger partial charge in [0, 0.05) is 18.5 Å². The fourth-order valence-electron chi connectivity index (χ4n) is 2.28. The molecule has 0 amide bonds. The molecular formula is C16H15N3O3. The lowest BCUT2D eigenvalue weighted by atomic mass is 10.2. The maximum atomic E-state index is 12.5. The lowest BCUT2D eigenvalue weighted by Gasteiger charge is -2.08. The molecule has 0 saturated heterocycles.